The number of ether oxygens (including phenoxy) is 1. The summed E-state index contributed by atoms with van der Waals surface area (Å²) in [4.78, 5) is 11.2. The Balaban J connectivity index is 2.33. The lowest BCUT2D eigenvalue weighted by Gasteiger charge is -2.02. The van der Waals surface area contributed by atoms with E-state index in [-0.39, 0.29) is 5.69 Å². The number of carbonyl (C=O) groups excluding carboxylic acids is 1. The molecule has 17 heavy (non-hydrogen) atoms. The molecule has 7 nitrogen and oxygen atoms in total. The largest absolute Gasteiger partial charge is 0.497 e. The van der Waals surface area contributed by atoms with Crippen molar-refractivity contribution in [3.05, 3.63) is 36.2 Å². The van der Waals surface area contributed by atoms with Crippen LogP contribution in [0.15, 0.2) is 30.5 Å². The van der Waals surface area contributed by atoms with Crippen LogP contribution in [0.4, 0.5) is 0 Å². The number of hydrazine groups is 1. The average molecular weight is 233 g/mol. The van der Waals surface area contributed by atoms with Crippen molar-refractivity contribution in [1.82, 2.24) is 20.4 Å². The van der Waals surface area contributed by atoms with E-state index in [1.807, 2.05) is 23.6 Å². The van der Waals surface area contributed by atoms with Gasteiger partial charge in [-0.15, -0.1) is 5.10 Å². The second kappa shape index (κ2) is 4.62. The van der Waals surface area contributed by atoms with E-state index in [9.17, 15) is 4.79 Å². The quantitative estimate of drug-likeness (QED) is 0.438. The van der Waals surface area contributed by atoms with E-state index in [4.69, 9.17) is 10.6 Å². The molecule has 3 N–H and O–H groups in total. The fraction of sp³-hybridized carbons (Fsp3) is 0.100. The van der Waals surface area contributed by atoms with Gasteiger partial charge < -0.3 is 4.74 Å². The molecule has 7 heteroatoms. The third-order valence-electron chi connectivity index (χ3n) is 2.17. The Morgan fingerprint density at radius 1 is 1.53 bits per heavy atom. The van der Waals surface area contributed by atoms with E-state index >= 15 is 0 Å². The third-order valence-corrected chi connectivity index (χ3v) is 2.17. The molecule has 2 rings (SSSR count). The number of nitrogen functional groups attached to an aromatic ring is 1. The maximum absolute atomic E-state index is 11.2. The molecule has 0 bridgehead atoms. The van der Waals surface area contributed by atoms with Crippen LogP contribution in [0.5, 0.6) is 5.75 Å². The summed E-state index contributed by atoms with van der Waals surface area (Å²) in [5, 5.41) is 7.52. The number of nitrogens with zero attached hydrogens (tertiary/aromatic N) is 3. The minimum absolute atomic E-state index is 0.148. The SMILES string of the molecule is COc1cccc(-n2cc(C(=O)NN)nn2)c1. The highest BCUT2D eigenvalue weighted by atomic mass is 16.5. The number of rotatable bonds is 3. The fourth-order valence-electron chi connectivity index (χ4n) is 1.32. The van der Waals surface area contributed by atoms with Crippen molar-refractivity contribution in [1.29, 1.82) is 0 Å². The van der Waals surface area contributed by atoms with Crippen LogP contribution in [0.25, 0.3) is 5.69 Å². The van der Waals surface area contributed by atoms with Crippen LogP contribution in [0.2, 0.25) is 0 Å². The van der Waals surface area contributed by atoms with Gasteiger partial charge in [-0.2, -0.15) is 0 Å². The zero-order valence-electron chi connectivity index (χ0n) is 9.12. The van der Waals surface area contributed by atoms with Crippen LogP contribution >= 0.6 is 0 Å². The first-order chi connectivity index (χ1) is 8.24. The fourth-order valence-corrected chi connectivity index (χ4v) is 1.32. The number of nitrogens with two attached hydrogens (primary N) is 1. The standard InChI is InChI=1S/C10H11N5O2/c1-17-8-4-2-3-7(5-8)15-6-9(13-14-15)10(16)12-11/h2-6H,11H2,1H3,(H,12,16). The molecular weight excluding hydrogens is 222 g/mol. The molecule has 1 heterocycles. The number of carbonyl (C=O) groups is 1. The maximum atomic E-state index is 11.2. The summed E-state index contributed by atoms with van der Waals surface area (Å²) in [7, 11) is 1.58. The van der Waals surface area contributed by atoms with Crippen molar-refractivity contribution in [3.8, 4) is 11.4 Å². The molecule has 2 aromatic rings. The van der Waals surface area contributed by atoms with Crippen LogP contribution in [0.3, 0.4) is 0 Å². The first-order valence-corrected chi connectivity index (χ1v) is 4.82. The molecule has 0 aliphatic carbocycles. The van der Waals surface area contributed by atoms with Crippen molar-refractivity contribution in [2.75, 3.05) is 7.11 Å². The van der Waals surface area contributed by atoms with Gasteiger partial charge in [-0.1, -0.05) is 11.3 Å². The van der Waals surface area contributed by atoms with Gasteiger partial charge in [-0.25, -0.2) is 10.5 Å². The number of amides is 1. The van der Waals surface area contributed by atoms with Crippen molar-refractivity contribution in [3.63, 3.8) is 0 Å². The van der Waals surface area contributed by atoms with Gasteiger partial charge in [0, 0.05) is 6.07 Å². The Hall–Kier alpha value is -2.41. The van der Waals surface area contributed by atoms with Gasteiger partial charge >= 0.3 is 0 Å². The molecule has 1 aromatic carbocycles. The molecule has 0 aliphatic heterocycles. The Morgan fingerprint density at radius 3 is 3.06 bits per heavy atom. The molecule has 1 aromatic heterocycles. The Kier molecular flexibility index (Phi) is 3.01. The molecule has 0 aliphatic rings. The number of nitrogens with one attached hydrogen (secondary N) is 1. The number of methoxy groups -OCH3 is 1. The second-order valence-corrected chi connectivity index (χ2v) is 3.22. The van der Waals surface area contributed by atoms with E-state index in [0.29, 0.717) is 5.75 Å². The molecule has 0 saturated carbocycles. The van der Waals surface area contributed by atoms with Crippen LogP contribution in [-0.2, 0) is 0 Å². The normalized spacial score (nSPS) is 10.0. The van der Waals surface area contributed by atoms with Gasteiger partial charge in [-0.3, -0.25) is 10.2 Å². The predicted molar refractivity (Wildman–Crippen MR) is 59.6 cm³/mol. The summed E-state index contributed by atoms with van der Waals surface area (Å²) in [5.41, 5.74) is 2.88. The minimum atomic E-state index is -0.487. The van der Waals surface area contributed by atoms with Gasteiger partial charge in [0.05, 0.1) is 19.0 Å². The van der Waals surface area contributed by atoms with Crippen LogP contribution < -0.4 is 16.0 Å². The summed E-state index contributed by atoms with van der Waals surface area (Å²) in [6, 6.07) is 7.23. The molecule has 0 atom stereocenters. The van der Waals surface area contributed by atoms with Gasteiger partial charge in [-0.05, 0) is 12.1 Å². The Morgan fingerprint density at radius 2 is 2.35 bits per heavy atom. The number of hydrogen-bond acceptors (Lipinski definition) is 5. The van der Waals surface area contributed by atoms with Crippen molar-refractivity contribution in [2.45, 2.75) is 0 Å². The highest BCUT2D eigenvalue weighted by Gasteiger charge is 2.09. The van der Waals surface area contributed by atoms with Gasteiger partial charge in [0.15, 0.2) is 5.69 Å². The van der Waals surface area contributed by atoms with Crippen molar-refractivity contribution < 1.29 is 9.53 Å². The first-order valence-electron chi connectivity index (χ1n) is 4.82. The first kappa shape index (κ1) is 11.1. The van der Waals surface area contributed by atoms with E-state index in [2.05, 4.69) is 10.3 Å². The Bertz CT molecular complexity index is 537. The molecule has 0 fully saturated rings. The van der Waals surface area contributed by atoms with E-state index in [1.54, 1.807) is 13.2 Å². The lowest BCUT2D eigenvalue weighted by Crippen LogP contribution is -2.30. The molecule has 0 saturated heterocycles. The topological polar surface area (TPSA) is 95.1 Å². The Labute approximate surface area is 97.1 Å². The number of hydrogen-bond donors (Lipinski definition) is 2. The van der Waals surface area contributed by atoms with E-state index in [1.165, 1.54) is 10.9 Å². The minimum Gasteiger partial charge on any atom is -0.497 e. The molecule has 88 valence electrons. The van der Waals surface area contributed by atoms with E-state index in [0.717, 1.165) is 5.69 Å². The number of aromatic nitrogens is 3. The lowest BCUT2D eigenvalue weighted by atomic mass is 10.3. The second-order valence-electron chi connectivity index (χ2n) is 3.22. The average Bonchev–Trinajstić information content (AvgIpc) is 2.87. The summed E-state index contributed by atoms with van der Waals surface area (Å²) in [6.07, 6.45) is 1.48. The van der Waals surface area contributed by atoms with Crippen molar-refractivity contribution >= 4 is 5.91 Å². The van der Waals surface area contributed by atoms with Gasteiger partial charge in [0.2, 0.25) is 0 Å². The van der Waals surface area contributed by atoms with Crippen LogP contribution in [0, 0.1) is 0 Å². The highest BCUT2D eigenvalue weighted by Crippen LogP contribution is 2.15. The van der Waals surface area contributed by atoms with Crippen LogP contribution in [0.1, 0.15) is 10.5 Å². The summed E-state index contributed by atoms with van der Waals surface area (Å²) in [6.45, 7) is 0. The maximum Gasteiger partial charge on any atom is 0.287 e. The zero-order valence-corrected chi connectivity index (χ0v) is 9.12. The van der Waals surface area contributed by atoms with Crippen molar-refractivity contribution in [2.24, 2.45) is 5.84 Å². The lowest BCUT2D eigenvalue weighted by molar-refractivity contribution is 0.0948. The highest BCUT2D eigenvalue weighted by molar-refractivity contribution is 5.91. The zero-order chi connectivity index (χ0) is 12.3. The van der Waals surface area contributed by atoms with E-state index < -0.39 is 5.91 Å². The summed E-state index contributed by atoms with van der Waals surface area (Å²) in [5.74, 6) is 5.21. The van der Waals surface area contributed by atoms with Crippen LogP contribution in [-0.4, -0.2) is 28.0 Å². The molecule has 0 radical (unpaired) electrons. The van der Waals surface area contributed by atoms with Gasteiger partial charge in [0.25, 0.3) is 5.91 Å². The predicted octanol–water partition coefficient (Wildman–Crippen LogP) is -0.121. The molecule has 0 unspecified atom stereocenters. The molecule has 1 amide bonds. The number of benzene rings is 1. The monoisotopic (exact) mass is 233 g/mol. The molecule has 0 spiro atoms. The summed E-state index contributed by atoms with van der Waals surface area (Å²) < 4.78 is 6.56. The third kappa shape index (κ3) is 2.23. The summed E-state index contributed by atoms with van der Waals surface area (Å²) >= 11 is 0. The smallest absolute Gasteiger partial charge is 0.287 e. The molecular formula is C10H11N5O2. The van der Waals surface area contributed by atoms with Gasteiger partial charge in [0.1, 0.15) is 5.75 Å².